The molecule has 0 bridgehead atoms. The van der Waals surface area contributed by atoms with Crippen molar-refractivity contribution in [2.45, 2.75) is 34.2 Å². The van der Waals surface area contributed by atoms with Crippen LogP contribution in [0.25, 0.3) is 0 Å². The summed E-state index contributed by atoms with van der Waals surface area (Å²) < 4.78 is 11.6. The highest BCUT2D eigenvalue weighted by Crippen LogP contribution is 2.41. The minimum atomic E-state index is -2.42. The lowest BCUT2D eigenvalue weighted by molar-refractivity contribution is 0.265. The minimum Gasteiger partial charge on any atom is -0.394 e. The molecule has 0 heterocycles. The quantitative estimate of drug-likeness (QED) is 0.164. The molecule has 0 saturated heterocycles. The highest BCUT2D eigenvalue weighted by atomic mass is 28.4. The molecule has 4 nitrogen and oxygen atoms in total. The molecule has 5 aromatic carbocycles. The third-order valence-electron chi connectivity index (χ3n) is 7.98. The first-order valence-electron chi connectivity index (χ1n) is 14.3. The summed E-state index contributed by atoms with van der Waals surface area (Å²) in [7, 11) is 1.03. The summed E-state index contributed by atoms with van der Waals surface area (Å²) in [6.45, 7) is 10.6. The number of hydrogen-bond acceptors (Lipinski definition) is 4. The van der Waals surface area contributed by atoms with Crippen molar-refractivity contribution < 1.29 is 8.85 Å². The van der Waals surface area contributed by atoms with Crippen LogP contribution in [0.4, 0.5) is 34.1 Å². The number of benzene rings is 5. The Hall–Kier alpha value is -4.16. The molecule has 5 heteroatoms. The Balaban J connectivity index is 1.60. The number of rotatable bonds is 9. The molecule has 0 amide bonds. The smallest absolute Gasteiger partial charge is 0.368 e. The Labute approximate surface area is 252 Å². The van der Waals surface area contributed by atoms with Crippen LogP contribution in [-0.2, 0) is 8.85 Å². The maximum absolute atomic E-state index is 5.79. The second-order valence-electron chi connectivity index (χ2n) is 11.0. The lowest BCUT2D eigenvalue weighted by atomic mass is 10.1. The number of anilines is 6. The van der Waals surface area contributed by atoms with Crippen LogP contribution in [0.2, 0.25) is 6.55 Å². The summed E-state index contributed by atoms with van der Waals surface area (Å²) in [4.78, 5) is 4.64. The largest absolute Gasteiger partial charge is 0.394 e. The van der Waals surface area contributed by atoms with Crippen LogP contribution in [0.15, 0.2) is 115 Å². The number of hydrogen-bond donors (Lipinski definition) is 0. The van der Waals surface area contributed by atoms with Crippen LogP contribution in [0, 0.1) is 27.7 Å². The van der Waals surface area contributed by atoms with E-state index in [1.165, 1.54) is 22.3 Å². The summed E-state index contributed by atoms with van der Waals surface area (Å²) >= 11 is 0. The maximum atomic E-state index is 5.79. The zero-order chi connectivity index (χ0) is 29.9. The summed E-state index contributed by atoms with van der Waals surface area (Å²) in [5.41, 5.74) is 11.6. The predicted octanol–water partition coefficient (Wildman–Crippen LogP) is 9.43. The Kier molecular flexibility index (Phi) is 8.64. The molecule has 0 saturated carbocycles. The van der Waals surface area contributed by atoms with Gasteiger partial charge in [-0.15, -0.1) is 0 Å². The monoisotopic (exact) mass is 572 g/mol. The first-order valence-corrected chi connectivity index (χ1v) is 16.7. The molecule has 42 heavy (non-hydrogen) atoms. The second kappa shape index (κ2) is 12.4. The van der Waals surface area contributed by atoms with Crippen molar-refractivity contribution in [1.29, 1.82) is 0 Å². The number of nitrogens with zero attached hydrogens (tertiary/aromatic N) is 2. The van der Waals surface area contributed by atoms with Gasteiger partial charge in [-0.2, -0.15) is 0 Å². The molecule has 0 atom stereocenters. The molecular formula is C37H40N2O2Si. The number of aryl methyl sites for hydroxylation is 4. The van der Waals surface area contributed by atoms with Crippen LogP contribution in [-0.4, -0.2) is 22.8 Å². The van der Waals surface area contributed by atoms with Crippen molar-refractivity contribution in [1.82, 2.24) is 0 Å². The topological polar surface area (TPSA) is 24.9 Å². The van der Waals surface area contributed by atoms with E-state index in [1.54, 1.807) is 14.2 Å². The molecule has 0 N–H and O–H groups in total. The zero-order valence-corrected chi connectivity index (χ0v) is 26.7. The molecule has 5 aromatic rings. The SMILES string of the molecule is CO[Si](C)(OC)c1ccc(N(c2ccc(C)cc2)c2ccc(N(c3ccc(C)cc3)c3ccc(C)cc3)cc2C)cc1. The molecule has 214 valence electrons. The fraction of sp³-hybridized carbons (Fsp3) is 0.189. The van der Waals surface area contributed by atoms with Gasteiger partial charge in [-0.1, -0.05) is 65.2 Å². The first kappa shape index (κ1) is 29.3. The standard InChI is InChI=1S/C37H40N2O2Si/c1-27-8-14-31(15-9-27)38(32-16-10-28(2)11-17-32)35-22-25-37(30(4)26-35)39(33-18-12-29(3)13-19-33)34-20-23-36(24-21-34)42(7,40-5)41-6/h8-26H,1-7H3. The van der Waals surface area contributed by atoms with Gasteiger partial charge in [-0.05, 0) is 112 Å². The summed E-state index contributed by atoms with van der Waals surface area (Å²) in [6.07, 6.45) is 0. The van der Waals surface area contributed by atoms with Crippen LogP contribution in [0.3, 0.4) is 0 Å². The summed E-state index contributed by atoms with van der Waals surface area (Å²) in [5, 5.41) is 1.10. The molecule has 0 fully saturated rings. The molecule has 0 aliphatic carbocycles. The molecule has 0 unspecified atom stereocenters. The van der Waals surface area contributed by atoms with Crippen molar-refractivity contribution in [3.05, 3.63) is 138 Å². The minimum absolute atomic E-state index is 1.08. The fourth-order valence-electron chi connectivity index (χ4n) is 5.22. The van der Waals surface area contributed by atoms with Gasteiger partial charge >= 0.3 is 8.56 Å². The van der Waals surface area contributed by atoms with Crippen LogP contribution in [0.5, 0.6) is 0 Å². The van der Waals surface area contributed by atoms with E-state index in [-0.39, 0.29) is 0 Å². The molecule has 0 aliphatic heterocycles. The Morgan fingerprint density at radius 3 is 1.19 bits per heavy atom. The van der Waals surface area contributed by atoms with Gasteiger partial charge in [0.05, 0.1) is 0 Å². The summed E-state index contributed by atoms with van der Waals surface area (Å²) in [5.74, 6) is 0. The Bertz CT molecular complexity index is 1580. The average molecular weight is 573 g/mol. The van der Waals surface area contributed by atoms with Gasteiger partial charge in [0.15, 0.2) is 0 Å². The van der Waals surface area contributed by atoms with Gasteiger partial charge in [0.25, 0.3) is 0 Å². The van der Waals surface area contributed by atoms with E-state index in [9.17, 15) is 0 Å². The molecule has 0 aromatic heterocycles. The normalized spacial score (nSPS) is 11.4. The van der Waals surface area contributed by atoms with E-state index in [2.05, 4.69) is 159 Å². The van der Waals surface area contributed by atoms with Crippen molar-refractivity contribution >= 4 is 47.9 Å². The lowest BCUT2D eigenvalue weighted by Crippen LogP contribution is -2.49. The van der Waals surface area contributed by atoms with Gasteiger partial charge in [0.2, 0.25) is 0 Å². The van der Waals surface area contributed by atoms with E-state index in [0.717, 1.165) is 39.3 Å². The molecule has 5 rings (SSSR count). The first-order chi connectivity index (χ1) is 20.2. The summed E-state index contributed by atoms with van der Waals surface area (Å²) in [6, 6.07) is 41.5. The van der Waals surface area contributed by atoms with Gasteiger partial charge in [-0.25, -0.2) is 0 Å². The van der Waals surface area contributed by atoms with Gasteiger partial charge in [0.1, 0.15) is 0 Å². The van der Waals surface area contributed by atoms with Gasteiger partial charge in [0, 0.05) is 48.3 Å². The maximum Gasteiger partial charge on any atom is 0.368 e. The van der Waals surface area contributed by atoms with Gasteiger partial charge in [-0.3, -0.25) is 0 Å². The van der Waals surface area contributed by atoms with Crippen LogP contribution >= 0.6 is 0 Å². The van der Waals surface area contributed by atoms with Crippen molar-refractivity contribution in [2.24, 2.45) is 0 Å². The Morgan fingerprint density at radius 1 is 0.452 bits per heavy atom. The van der Waals surface area contributed by atoms with Gasteiger partial charge < -0.3 is 18.7 Å². The van der Waals surface area contributed by atoms with Crippen molar-refractivity contribution in [3.8, 4) is 0 Å². The van der Waals surface area contributed by atoms with E-state index in [0.29, 0.717) is 0 Å². The van der Waals surface area contributed by atoms with Crippen LogP contribution in [0.1, 0.15) is 22.3 Å². The third-order valence-corrected chi connectivity index (χ3v) is 10.9. The van der Waals surface area contributed by atoms with Crippen LogP contribution < -0.4 is 15.0 Å². The van der Waals surface area contributed by atoms with E-state index >= 15 is 0 Å². The predicted molar refractivity (Wildman–Crippen MR) is 180 cm³/mol. The third kappa shape index (κ3) is 6.04. The lowest BCUT2D eigenvalue weighted by Gasteiger charge is -2.30. The van der Waals surface area contributed by atoms with E-state index in [4.69, 9.17) is 8.85 Å². The van der Waals surface area contributed by atoms with Crippen molar-refractivity contribution in [3.63, 3.8) is 0 Å². The molecule has 0 radical (unpaired) electrons. The van der Waals surface area contributed by atoms with Crippen molar-refractivity contribution in [2.75, 3.05) is 24.0 Å². The fourth-order valence-corrected chi connectivity index (χ4v) is 6.63. The zero-order valence-electron chi connectivity index (χ0n) is 25.7. The highest BCUT2D eigenvalue weighted by Gasteiger charge is 2.31. The molecule has 0 aliphatic rings. The Morgan fingerprint density at radius 2 is 0.810 bits per heavy atom. The highest BCUT2D eigenvalue weighted by molar-refractivity contribution is 6.79. The molecule has 0 spiro atoms. The second-order valence-corrected chi connectivity index (χ2v) is 14.3. The average Bonchev–Trinajstić information content (AvgIpc) is 3.01. The van der Waals surface area contributed by atoms with E-state index in [1.807, 2.05) is 0 Å². The van der Waals surface area contributed by atoms with E-state index < -0.39 is 8.56 Å². The molecular weight excluding hydrogens is 533 g/mol.